The Morgan fingerprint density at radius 1 is 1.07 bits per heavy atom. The van der Waals surface area contributed by atoms with E-state index in [0.717, 1.165) is 10.2 Å². The predicted octanol–water partition coefficient (Wildman–Crippen LogP) is 5.08. The standard InChI is InChI=1S/C13H32Si2/c1-9-12(4)15(7,8)13(10-2,11-3)14(5)6/h12,14H,9-11H2,1-8H3. The van der Waals surface area contributed by atoms with E-state index >= 15 is 0 Å². The molecule has 0 aromatic heterocycles. The van der Waals surface area contributed by atoms with Crippen molar-refractivity contribution in [3.05, 3.63) is 0 Å². The lowest BCUT2D eigenvalue weighted by Gasteiger charge is -2.51. The summed E-state index contributed by atoms with van der Waals surface area (Å²) < 4.78 is 0.780. The third-order valence-electron chi connectivity index (χ3n) is 5.49. The molecule has 0 saturated carbocycles. The molecule has 0 nitrogen and oxygen atoms in total. The van der Waals surface area contributed by atoms with Gasteiger partial charge in [0, 0.05) is 8.80 Å². The largest absolute Gasteiger partial charge is 0.0720 e. The molecule has 0 radical (unpaired) electrons. The van der Waals surface area contributed by atoms with Gasteiger partial charge in [-0.15, -0.1) is 0 Å². The van der Waals surface area contributed by atoms with Crippen LogP contribution in [0.4, 0.5) is 0 Å². The molecule has 0 bridgehead atoms. The Hall–Kier alpha value is 0.434. The van der Waals surface area contributed by atoms with Crippen LogP contribution in [0, 0.1) is 0 Å². The fraction of sp³-hybridized carbons (Fsp3) is 1.00. The van der Waals surface area contributed by atoms with Crippen LogP contribution in [0.25, 0.3) is 0 Å². The summed E-state index contributed by atoms with van der Waals surface area (Å²) in [7, 11) is -1.64. The summed E-state index contributed by atoms with van der Waals surface area (Å²) in [6, 6.07) is 0. The molecule has 0 aliphatic carbocycles. The highest BCUT2D eigenvalue weighted by Gasteiger charge is 2.48. The minimum Gasteiger partial charge on any atom is -0.0720 e. The average Bonchev–Trinajstić information content (AvgIpc) is 2.18. The average molecular weight is 245 g/mol. The van der Waals surface area contributed by atoms with Crippen molar-refractivity contribution in [2.24, 2.45) is 0 Å². The number of rotatable bonds is 6. The van der Waals surface area contributed by atoms with Crippen LogP contribution in [0.1, 0.15) is 47.0 Å². The first-order chi connectivity index (χ1) is 6.80. The first-order valence-corrected chi connectivity index (χ1v) is 12.8. The van der Waals surface area contributed by atoms with E-state index in [1.807, 2.05) is 0 Å². The zero-order valence-electron chi connectivity index (χ0n) is 12.3. The highest BCUT2D eigenvalue weighted by atomic mass is 28.4. The molecule has 0 saturated heterocycles. The summed E-state index contributed by atoms with van der Waals surface area (Å²) in [5, 5.41) is 0. The van der Waals surface area contributed by atoms with E-state index in [4.69, 9.17) is 0 Å². The Labute approximate surface area is 100 Å². The van der Waals surface area contributed by atoms with Crippen LogP contribution in [-0.4, -0.2) is 16.9 Å². The Morgan fingerprint density at radius 3 is 1.67 bits per heavy atom. The van der Waals surface area contributed by atoms with E-state index < -0.39 is 16.9 Å². The van der Waals surface area contributed by atoms with Gasteiger partial charge in [-0.25, -0.2) is 0 Å². The van der Waals surface area contributed by atoms with Gasteiger partial charge in [0.2, 0.25) is 0 Å². The van der Waals surface area contributed by atoms with E-state index in [2.05, 4.69) is 53.9 Å². The Bertz CT molecular complexity index is 181. The molecule has 1 atom stereocenters. The Balaban J connectivity index is 5.22. The van der Waals surface area contributed by atoms with E-state index in [0.29, 0.717) is 0 Å². The third-order valence-corrected chi connectivity index (χ3v) is 18.6. The topological polar surface area (TPSA) is 0 Å². The Morgan fingerprint density at radius 2 is 1.47 bits per heavy atom. The fourth-order valence-electron chi connectivity index (χ4n) is 3.72. The van der Waals surface area contributed by atoms with Gasteiger partial charge in [0.25, 0.3) is 0 Å². The van der Waals surface area contributed by atoms with Crippen LogP contribution in [0.3, 0.4) is 0 Å². The normalized spacial score (nSPS) is 15.8. The predicted molar refractivity (Wildman–Crippen MR) is 79.3 cm³/mol. The van der Waals surface area contributed by atoms with Gasteiger partial charge in [0.05, 0.1) is 8.07 Å². The lowest BCUT2D eigenvalue weighted by Crippen LogP contribution is -2.51. The van der Waals surface area contributed by atoms with Crippen LogP contribution in [0.5, 0.6) is 0 Å². The molecule has 15 heavy (non-hydrogen) atoms. The SMILES string of the molecule is CCC(C)[Si](C)(C)C(CC)(CC)[SiH](C)C. The lowest BCUT2D eigenvalue weighted by atomic mass is 10.2. The van der Waals surface area contributed by atoms with E-state index in [9.17, 15) is 0 Å². The zero-order valence-corrected chi connectivity index (χ0v) is 14.4. The molecule has 92 valence electrons. The second-order valence-electron chi connectivity index (χ2n) is 6.05. The summed E-state index contributed by atoms with van der Waals surface area (Å²) in [5.41, 5.74) is 0.979. The number of hydrogen-bond donors (Lipinski definition) is 0. The molecular formula is C13H32Si2. The Kier molecular flexibility index (Phi) is 5.83. The summed E-state index contributed by atoms with van der Waals surface area (Å²) in [6.45, 7) is 20.2. The van der Waals surface area contributed by atoms with Crippen molar-refractivity contribution in [3.8, 4) is 0 Å². The molecule has 2 heteroatoms. The van der Waals surface area contributed by atoms with E-state index in [1.54, 1.807) is 0 Å². The van der Waals surface area contributed by atoms with E-state index in [-0.39, 0.29) is 0 Å². The summed E-state index contributed by atoms with van der Waals surface area (Å²) in [6.07, 6.45) is 4.23. The molecule has 0 amide bonds. The number of hydrogen-bond acceptors (Lipinski definition) is 0. The maximum absolute atomic E-state index is 2.65. The van der Waals surface area contributed by atoms with Gasteiger partial charge >= 0.3 is 0 Å². The first-order valence-electron chi connectivity index (χ1n) is 6.80. The van der Waals surface area contributed by atoms with Crippen LogP contribution >= 0.6 is 0 Å². The van der Waals surface area contributed by atoms with Crippen LogP contribution in [0.2, 0.25) is 36.4 Å². The van der Waals surface area contributed by atoms with Gasteiger partial charge in [0.1, 0.15) is 0 Å². The van der Waals surface area contributed by atoms with Gasteiger partial charge in [0.15, 0.2) is 0 Å². The second-order valence-corrected chi connectivity index (χ2v) is 15.5. The molecule has 0 aliphatic heterocycles. The van der Waals surface area contributed by atoms with Crippen molar-refractivity contribution in [1.29, 1.82) is 0 Å². The maximum atomic E-state index is 2.65. The van der Waals surface area contributed by atoms with Crippen molar-refractivity contribution in [2.45, 2.75) is 83.3 Å². The second kappa shape index (κ2) is 5.67. The summed E-state index contributed by atoms with van der Waals surface area (Å²) in [5.74, 6) is 0. The lowest BCUT2D eigenvalue weighted by molar-refractivity contribution is 0.625. The highest BCUT2D eigenvalue weighted by Crippen LogP contribution is 2.52. The van der Waals surface area contributed by atoms with Gasteiger partial charge in [-0.05, 0) is 10.2 Å². The van der Waals surface area contributed by atoms with E-state index in [1.165, 1.54) is 19.3 Å². The molecule has 1 unspecified atom stereocenters. The molecule has 0 spiro atoms. The highest BCUT2D eigenvalue weighted by molar-refractivity contribution is 6.93. The van der Waals surface area contributed by atoms with Crippen LogP contribution in [-0.2, 0) is 0 Å². The summed E-state index contributed by atoms with van der Waals surface area (Å²) >= 11 is 0. The quantitative estimate of drug-likeness (QED) is 0.572. The van der Waals surface area contributed by atoms with Crippen molar-refractivity contribution in [3.63, 3.8) is 0 Å². The van der Waals surface area contributed by atoms with Crippen LogP contribution < -0.4 is 0 Å². The third kappa shape index (κ3) is 2.58. The minimum absolute atomic E-state index is 0.555. The van der Waals surface area contributed by atoms with Crippen molar-refractivity contribution in [2.75, 3.05) is 0 Å². The fourth-order valence-corrected chi connectivity index (χ4v) is 16.0. The van der Waals surface area contributed by atoms with Gasteiger partial charge in [-0.3, -0.25) is 0 Å². The van der Waals surface area contributed by atoms with Crippen molar-refractivity contribution in [1.82, 2.24) is 0 Å². The molecule has 0 heterocycles. The van der Waals surface area contributed by atoms with Crippen LogP contribution in [0.15, 0.2) is 0 Å². The van der Waals surface area contributed by atoms with Crippen molar-refractivity contribution < 1.29 is 0 Å². The minimum atomic E-state index is -1.09. The zero-order chi connectivity index (χ0) is 12.3. The molecule has 0 aromatic carbocycles. The first kappa shape index (κ1) is 15.4. The van der Waals surface area contributed by atoms with Gasteiger partial charge in [-0.2, -0.15) is 0 Å². The van der Waals surface area contributed by atoms with Gasteiger partial charge < -0.3 is 0 Å². The maximum Gasteiger partial charge on any atom is 0.0534 e. The molecule has 0 rings (SSSR count). The molecule has 0 aliphatic rings. The molecule has 0 fully saturated rings. The molecular weight excluding hydrogens is 212 g/mol. The smallest absolute Gasteiger partial charge is 0.0534 e. The summed E-state index contributed by atoms with van der Waals surface area (Å²) in [4.78, 5) is 0. The molecule has 0 aromatic rings. The molecule has 0 N–H and O–H groups in total. The van der Waals surface area contributed by atoms with Crippen molar-refractivity contribution >= 4 is 16.9 Å². The van der Waals surface area contributed by atoms with Gasteiger partial charge in [-0.1, -0.05) is 73.1 Å². The monoisotopic (exact) mass is 244 g/mol.